The lowest BCUT2D eigenvalue weighted by Gasteiger charge is -2.14. The number of aryl methyl sites for hydroxylation is 1. The molecule has 1 aromatic heterocycles. The van der Waals surface area contributed by atoms with Gasteiger partial charge in [0.2, 0.25) is 0 Å². The van der Waals surface area contributed by atoms with Crippen LogP contribution < -0.4 is 5.32 Å². The number of halogens is 3. The van der Waals surface area contributed by atoms with Gasteiger partial charge in [0.25, 0.3) is 5.91 Å². The molecule has 1 N–H and O–H groups in total. The number of esters is 1. The van der Waals surface area contributed by atoms with Gasteiger partial charge in [-0.05, 0) is 26.0 Å². The van der Waals surface area contributed by atoms with E-state index in [1.807, 2.05) is 37.3 Å². The Balaban J connectivity index is 1.87. The summed E-state index contributed by atoms with van der Waals surface area (Å²) in [7, 11) is 0. The van der Waals surface area contributed by atoms with Gasteiger partial charge in [-0.2, -0.15) is 18.3 Å². The van der Waals surface area contributed by atoms with E-state index < -0.39 is 30.7 Å². The number of carbonyl (C=O) groups excluding carboxylic acids is 2. The quantitative estimate of drug-likeness (QED) is 0.597. The summed E-state index contributed by atoms with van der Waals surface area (Å²) in [5.41, 5.74) is 2.82. The largest absolute Gasteiger partial charge is 0.449 e. The lowest BCUT2D eigenvalue weighted by molar-refractivity contribution is -0.143. The monoisotopic (exact) mass is 431 g/mol. The number of carbonyl (C=O) groups is 2. The molecule has 0 bridgehead atoms. The predicted octanol–water partition coefficient (Wildman–Crippen LogP) is 4.07. The number of ether oxygens (including phenoxy) is 1. The van der Waals surface area contributed by atoms with E-state index in [1.165, 1.54) is 17.8 Å². The van der Waals surface area contributed by atoms with E-state index in [1.54, 1.807) is 29.6 Å². The van der Waals surface area contributed by atoms with Gasteiger partial charge in [-0.15, -0.1) is 0 Å². The number of hydrogen-bond acceptors (Lipinski definition) is 4. The maximum absolute atomic E-state index is 12.8. The molecular formula is C22H20F3N3O3. The number of amides is 1. The minimum atomic E-state index is -4.56. The normalized spacial score (nSPS) is 12.3. The van der Waals surface area contributed by atoms with Crippen molar-refractivity contribution in [2.24, 2.45) is 0 Å². The van der Waals surface area contributed by atoms with Crippen molar-refractivity contribution in [2.45, 2.75) is 26.1 Å². The van der Waals surface area contributed by atoms with Crippen molar-refractivity contribution in [3.8, 4) is 16.9 Å². The van der Waals surface area contributed by atoms with Crippen LogP contribution >= 0.6 is 0 Å². The summed E-state index contributed by atoms with van der Waals surface area (Å²) in [6.45, 7) is 1.64. The van der Waals surface area contributed by atoms with Crippen molar-refractivity contribution in [1.29, 1.82) is 0 Å². The second-order valence-electron chi connectivity index (χ2n) is 6.92. The number of nitrogens with one attached hydrogen (secondary N) is 1. The van der Waals surface area contributed by atoms with Crippen molar-refractivity contribution >= 4 is 11.9 Å². The fraction of sp³-hybridized carbons (Fsp3) is 0.227. The maximum atomic E-state index is 12.8. The molecule has 1 heterocycles. The maximum Gasteiger partial charge on any atom is 0.405 e. The van der Waals surface area contributed by atoms with E-state index in [9.17, 15) is 22.8 Å². The van der Waals surface area contributed by atoms with Gasteiger partial charge in [0, 0.05) is 11.8 Å². The van der Waals surface area contributed by atoms with Crippen LogP contribution in [0.15, 0.2) is 60.8 Å². The summed E-state index contributed by atoms with van der Waals surface area (Å²) < 4.78 is 43.5. The summed E-state index contributed by atoms with van der Waals surface area (Å²) in [6, 6.07) is 16.3. The average Bonchev–Trinajstić information content (AvgIpc) is 3.18. The standard InChI is InChI=1S/C22H20F3N3O3/c1-14-8-10-17(11-9-14)28-12-18(19(27-28)16-6-4-3-5-7-16)21(30)31-15(2)20(29)26-13-22(23,24)25/h3-12,15H,13H2,1-2H3,(H,26,29). The van der Waals surface area contributed by atoms with Crippen LogP contribution in [0.4, 0.5) is 13.2 Å². The summed E-state index contributed by atoms with van der Waals surface area (Å²) >= 11 is 0. The number of aromatic nitrogens is 2. The molecule has 2 aromatic carbocycles. The second-order valence-corrected chi connectivity index (χ2v) is 6.92. The third-order valence-electron chi connectivity index (χ3n) is 4.40. The van der Waals surface area contributed by atoms with E-state index in [-0.39, 0.29) is 5.56 Å². The van der Waals surface area contributed by atoms with E-state index in [4.69, 9.17) is 4.74 Å². The number of benzene rings is 2. The molecule has 31 heavy (non-hydrogen) atoms. The zero-order valence-electron chi connectivity index (χ0n) is 16.8. The Bertz CT molecular complexity index is 1060. The highest BCUT2D eigenvalue weighted by molar-refractivity contribution is 5.97. The van der Waals surface area contributed by atoms with Crippen molar-refractivity contribution in [1.82, 2.24) is 15.1 Å². The number of nitrogens with zero attached hydrogens (tertiary/aromatic N) is 2. The second kappa shape index (κ2) is 9.03. The highest BCUT2D eigenvalue weighted by atomic mass is 19.4. The van der Waals surface area contributed by atoms with Crippen molar-refractivity contribution in [3.05, 3.63) is 71.9 Å². The molecular weight excluding hydrogens is 411 g/mol. The Labute approximate surface area is 176 Å². The molecule has 3 aromatic rings. The van der Waals surface area contributed by atoms with Gasteiger partial charge < -0.3 is 10.1 Å². The molecule has 0 fully saturated rings. The number of rotatable bonds is 6. The topological polar surface area (TPSA) is 73.2 Å². The molecule has 1 amide bonds. The zero-order valence-corrected chi connectivity index (χ0v) is 16.8. The van der Waals surface area contributed by atoms with Crippen LogP contribution in [0.2, 0.25) is 0 Å². The number of hydrogen-bond donors (Lipinski definition) is 1. The molecule has 0 aliphatic rings. The first kappa shape index (κ1) is 22.1. The Morgan fingerprint density at radius 3 is 2.35 bits per heavy atom. The van der Waals surface area contributed by atoms with Crippen molar-refractivity contribution in [3.63, 3.8) is 0 Å². The van der Waals surface area contributed by atoms with Gasteiger partial charge in [0.1, 0.15) is 17.8 Å². The van der Waals surface area contributed by atoms with E-state index in [2.05, 4.69) is 5.10 Å². The molecule has 0 aliphatic heterocycles. The first-order chi connectivity index (χ1) is 14.6. The van der Waals surface area contributed by atoms with Crippen LogP contribution in [0.5, 0.6) is 0 Å². The summed E-state index contributed by atoms with van der Waals surface area (Å²) in [5, 5.41) is 6.19. The summed E-state index contributed by atoms with van der Waals surface area (Å²) in [5.74, 6) is -1.91. The van der Waals surface area contributed by atoms with Crippen LogP contribution in [0, 0.1) is 6.92 Å². The predicted molar refractivity (Wildman–Crippen MR) is 108 cm³/mol. The molecule has 1 atom stereocenters. The molecule has 0 spiro atoms. The third-order valence-corrected chi connectivity index (χ3v) is 4.40. The fourth-order valence-electron chi connectivity index (χ4n) is 2.77. The van der Waals surface area contributed by atoms with E-state index >= 15 is 0 Å². The molecule has 6 nitrogen and oxygen atoms in total. The highest BCUT2D eigenvalue weighted by Gasteiger charge is 2.30. The first-order valence-electron chi connectivity index (χ1n) is 9.41. The van der Waals surface area contributed by atoms with Gasteiger partial charge in [-0.3, -0.25) is 4.79 Å². The summed E-state index contributed by atoms with van der Waals surface area (Å²) in [4.78, 5) is 24.6. The lowest BCUT2D eigenvalue weighted by Crippen LogP contribution is -2.40. The third kappa shape index (κ3) is 5.71. The molecule has 1 unspecified atom stereocenters. The van der Waals surface area contributed by atoms with Gasteiger partial charge in [-0.1, -0.05) is 48.0 Å². The zero-order chi connectivity index (χ0) is 22.6. The molecule has 3 rings (SSSR count). The fourth-order valence-corrected chi connectivity index (χ4v) is 2.77. The van der Waals surface area contributed by atoms with E-state index in [0.717, 1.165) is 5.56 Å². The summed E-state index contributed by atoms with van der Waals surface area (Å²) in [6.07, 6.45) is -4.51. The molecule has 162 valence electrons. The highest BCUT2D eigenvalue weighted by Crippen LogP contribution is 2.25. The minimum Gasteiger partial charge on any atom is -0.449 e. The van der Waals surface area contributed by atoms with Gasteiger partial charge in [0.05, 0.1) is 5.69 Å². The average molecular weight is 431 g/mol. The molecule has 0 saturated heterocycles. The molecule has 0 radical (unpaired) electrons. The first-order valence-corrected chi connectivity index (χ1v) is 9.41. The Kier molecular flexibility index (Phi) is 6.43. The van der Waals surface area contributed by atoms with Crippen molar-refractivity contribution in [2.75, 3.05) is 6.54 Å². The van der Waals surface area contributed by atoms with Crippen LogP contribution in [-0.4, -0.2) is 40.5 Å². The van der Waals surface area contributed by atoms with Crippen LogP contribution in [0.25, 0.3) is 16.9 Å². The van der Waals surface area contributed by atoms with Gasteiger partial charge in [0.15, 0.2) is 6.10 Å². The SMILES string of the molecule is Cc1ccc(-n2cc(C(=O)OC(C)C(=O)NCC(F)(F)F)c(-c3ccccc3)n2)cc1. The van der Waals surface area contributed by atoms with E-state index in [0.29, 0.717) is 16.9 Å². The Morgan fingerprint density at radius 1 is 1.10 bits per heavy atom. The minimum absolute atomic E-state index is 0.0854. The lowest BCUT2D eigenvalue weighted by atomic mass is 10.1. The van der Waals surface area contributed by atoms with Crippen LogP contribution in [0.3, 0.4) is 0 Å². The number of alkyl halides is 3. The van der Waals surface area contributed by atoms with Crippen LogP contribution in [0.1, 0.15) is 22.8 Å². The van der Waals surface area contributed by atoms with Gasteiger partial charge in [-0.25, -0.2) is 9.48 Å². The molecule has 0 saturated carbocycles. The van der Waals surface area contributed by atoms with Crippen molar-refractivity contribution < 1.29 is 27.5 Å². The van der Waals surface area contributed by atoms with Gasteiger partial charge >= 0.3 is 12.1 Å². The molecule has 0 aliphatic carbocycles. The molecule has 9 heteroatoms. The van der Waals surface area contributed by atoms with Crippen LogP contribution in [-0.2, 0) is 9.53 Å². The Hall–Kier alpha value is -3.62. The smallest absolute Gasteiger partial charge is 0.405 e. The Morgan fingerprint density at radius 2 is 1.74 bits per heavy atom.